The van der Waals surface area contributed by atoms with Crippen molar-refractivity contribution in [3.05, 3.63) is 0 Å². The summed E-state index contributed by atoms with van der Waals surface area (Å²) >= 11 is 0. The van der Waals surface area contributed by atoms with E-state index in [4.69, 9.17) is 5.73 Å². The molecule has 0 aromatic heterocycles. The van der Waals surface area contributed by atoms with Gasteiger partial charge >= 0.3 is 0 Å². The first kappa shape index (κ1) is 8.45. The van der Waals surface area contributed by atoms with Crippen molar-refractivity contribution in [1.29, 1.82) is 0 Å². The molecule has 0 unspecified atom stereocenters. The van der Waals surface area contributed by atoms with Gasteiger partial charge in [0.1, 0.15) is 0 Å². The molecule has 0 aromatic carbocycles. The van der Waals surface area contributed by atoms with E-state index in [-0.39, 0.29) is 0 Å². The third kappa shape index (κ3) is 5.32. The van der Waals surface area contributed by atoms with E-state index in [1.807, 2.05) is 21.1 Å². The molecule has 0 heterocycles. The standard InChI is InChI=1S/C4H12N4Si/c1-8(2,3)6-4(5)7-9/h1-3H3,(H3,5,6,7)/q+1. The van der Waals surface area contributed by atoms with Crippen LogP contribution in [0.25, 0.3) is 0 Å². The summed E-state index contributed by atoms with van der Waals surface area (Å²) < 4.78 is 0.462. The van der Waals surface area contributed by atoms with Gasteiger partial charge in [-0.25, -0.2) is 4.59 Å². The van der Waals surface area contributed by atoms with Crippen molar-refractivity contribution in [2.45, 2.75) is 0 Å². The van der Waals surface area contributed by atoms with Gasteiger partial charge in [0.15, 0.2) is 10.4 Å². The second-order valence-corrected chi connectivity index (χ2v) is 2.80. The van der Waals surface area contributed by atoms with E-state index in [2.05, 4.69) is 20.5 Å². The van der Waals surface area contributed by atoms with Crippen molar-refractivity contribution in [2.24, 2.45) is 10.8 Å². The second-order valence-electron chi connectivity index (χ2n) is 2.55. The van der Waals surface area contributed by atoms with Gasteiger partial charge in [0.2, 0.25) is 5.96 Å². The minimum Gasteiger partial charge on any atom is -0.379 e. The van der Waals surface area contributed by atoms with Crippen molar-refractivity contribution >= 4 is 16.4 Å². The van der Waals surface area contributed by atoms with Crippen LogP contribution < -0.4 is 10.7 Å². The summed E-state index contributed by atoms with van der Waals surface area (Å²) in [6, 6.07) is 0. The maximum absolute atomic E-state index is 5.33. The van der Waals surface area contributed by atoms with Crippen LogP contribution in [0.3, 0.4) is 0 Å². The van der Waals surface area contributed by atoms with Crippen LogP contribution in [0.5, 0.6) is 0 Å². The second kappa shape index (κ2) is 2.84. The molecular formula is C4H12N4Si+. The fourth-order valence-corrected chi connectivity index (χ4v) is 0.398. The van der Waals surface area contributed by atoms with Crippen LogP contribution in [0.15, 0.2) is 5.10 Å². The molecule has 0 aliphatic rings. The molecule has 0 aliphatic carbocycles. The first-order chi connectivity index (χ1) is 3.95. The summed E-state index contributed by atoms with van der Waals surface area (Å²) in [6.07, 6.45) is 0. The summed E-state index contributed by atoms with van der Waals surface area (Å²) in [6.45, 7) is 0. The summed E-state index contributed by atoms with van der Waals surface area (Å²) in [5, 5.41) is 4.00. The van der Waals surface area contributed by atoms with Crippen LogP contribution in [-0.4, -0.2) is 42.1 Å². The quantitative estimate of drug-likeness (QED) is 0.156. The molecule has 0 aromatic rings. The van der Waals surface area contributed by atoms with E-state index in [1.165, 1.54) is 0 Å². The van der Waals surface area contributed by atoms with E-state index >= 15 is 0 Å². The highest BCUT2D eigenvalue weighted by Crippen LogP contribution is 1.87. The lowest BCUT2D eigenvalue weighted by atomic mass is 10.9. The number of hydrogen-bond donors (Lipinski definition) is 2. The van der Waals surface area contributed by atoms with Gasteiger partial charge in [-0.15, -0.1) is 0 Å². The Morgan fingerprint density at radius 2 is 2.00 bits per heavy atom. The first-order valence-corrected chi connectivity index (χ1v) is 3.05. The average Bonchev–Trinajstić information content (AvgIpc) is 1.62. The number of rotatable bonds is 1. The van der Waals surface area contributed by atoms with E-state index in [0.29, 0.717) is 10.6 Å². The Morgan fingerprint density at radius 1 is 1.56 bits per heavy atom. The lowest BCUT2D eigenvalue weighted by Gasteiger charge is -2.15. The van der Waals surface area contributed by atoms with Crippen molar-refractivity contribution < 1.29 is 4.59 Å². The van der Waals surface area contributed by atoms with Crippen LogP contribution in [0, 0.1) is 0 Å². The molecule has 0 rings (SSSR count). The Hall–Kier alpha value is -0.553. The Morgan fingerprint density at radius 3 is 2.11 bits per heavy atom. The number of hydrogen-bond acceptors (Lipinski definition) is 1. The number of nitrogens with two attached hydrogens (primary N) is 1. The molecule has 3 radical (unpaired) electrons. The maximum atomic E-state index is 5.33. The smallest absolute Gasteiger partial charge is 0.239 e. The van der Waals surface area contributed by atoms with Gasteiger partial charge in [0.05, 0.1) is 21.1 Å². The van der Waals surface area contributed by atoms with Gasteiger partial charge < -0.3 is 10.7 Å². The van der Waals surface area contributed by atoms with Crippen molar-refractivity contribution in [2.75, 3.05) is 21.1 Å². The molecule has 3 N–H and O–H groups in total. The molecule has 0 spiro atoms. The zero-order valence-electron chi connectivity index (χ0n) is 5.97. The van der Waals surface area contributed by atoms with Crippen LogP contribution >= 0.6 is 0 Å². The zero-order valence-corrected chi connectivity index (χ0v) is 6.97. The summed E-state index contributed by atoms with van der Waals surface area (Å²) in [7, 11) is 8.74. The highest BCUT2D eigenvalue weighted by molar-refractivity contribution is 6.14. The third-order valence-corrected chi connectivity index (χ3v) is 0.792. The molecular weight excluding hydrogens is 132 g/mol. The molecule has 9 heavy (non-hydrogen) atoms. The molecule has 4 nitrogen and oxygen atoms in total. The molecule has 0 aliphatic heterocycles. The largest absolute Gasteiger partial charge is 0.379 e. The van der Waals surface area contributed by atoms with Crippen molar-refractivity contribution in [1.82, 2.24) is 4.98 Å². The minimum atomic E-state index is 0.374. The topological polar surface area (TPSA) is 50.4 Å². The van der Waals surface area contributed by atoms with Crippen LogP contribution in [0.1, 0.15) is 0 Å². The predicted molar refractivity (Wildman–Crippen MR) is 38.5 cm³/mol. The van der Waals surface area contributed by atoms with Gasteiger partial charge in [-0.05, 0) is 5.10 Å². The number of guanidine groups is 1. The molecule has 0 bridgehead atoms. The number of nitrogens with one attached hydrogen (secondary N) is 1. The Kier molecular flexibility index (Phi) is 2.66. The summed E-state index contributed by atoms with van der Waals surface area (Å²) in [4.78, 5) is 2.54. The normalized spacial score (nSPS) is 13.6. The highest BCUT2D eigenvalue weighted by Gasteiger charge is 2.03. The van der Waals surface area contributed by atoms with Crippen molar-refractivity contribution in [3.63, 3.8) is 0 Å². The van der Waals surface area contributed by atoms with Gasteiger partial charge in [0.25, 0.3) is 0 Å². The molecule has 5 heteroatoms. The van der Waals surface area contributed by atoms with E-state index in [1.54, 1.807) is 0 Å². The third-order valence-electron chi connectivity index (χ3n) is 0.536. The van der Waals surface area contributed by atoms with Crippen LogP contribution in [0.4, 0.5) is 0 Å². The monoisotopic (exact) mass is 144 g/mol. The number of nitrogens with zero attached hydrogens (tertiary/aromatic N) is 2. The SMILES string of the molecule is C[N+](C)(C)N=C(N)N[Si]. The Balaban J connectivity index is 3.95. The maximum Gasteiger partial charge on any atom is 0.239 e. The van der Waals surface area contributed by atoms with Gasteiger partial charge in [-0.1, -0.05) is 0 Å². The lowest BCUT2D eigenvalue weighted by Crippen LogP contribution is -2.37. The fraction of sp³-hybridized carbons (Fsp3) is 0.750. The van der Waals surface area contributed by atoms with E-state index < -0.39 is 0 Å². The minimum absolute atomic E-state index is 0.374. The zero-order chi connectivity index (χ0) is 7.49. The molecule has 0 saturated heterocycles. The lowest BCUT2D eigenvalue weighted by molar-refractivity contribution is -0.877. The summed E-state index contributed by atoms with van der Waals surface area (Å²) in [5.41, 5.74) is 5.33. The Bertz CT molecular complexity index is 114. The fourth-order valence-electron chi connectivity index (χ4n) is 0.348. The van der Waals surface area contributed by atoms with E-state index in [9.17, 15) is 0 Å². The molecule has 0 atom stereocenters. The summed E-state index contributed by atoms with van der Waals surface area (Å²) in [5.74, 6) is 0.374. The van der Waals surface area contributed by atoms with Crippen molar-refractivity contribution in [3.8, 4) is 0 Å². The van der Waals surface area contributed by atoms with Gasteiger partial charge in [0, 0.05) is 0 Å². The molecule has 0 saturated carbocycles. The number of quaternary nitrogens is 1. The molecule has 0 amide bonds. The van der Waals surface area contributed by atoms with E-state index in [0.717, 1.165) is 0 Å². The first-order valence-electron chi connectivity index (χ1n) is 2.55. The predicted octanol–water partition coefficient (Wildman–Crippen LogP) is -1.40. The molecule has 0 fully saturated rings. The highest BCUT2D eigenvalue weighted by atomic mass is 28.2. The van der Waals surface area contributed by atoms with Gasteiger partial charge in [-0.3, -0.25) is 0 Å². The van der Waals surface area contributed by atoms with Gasteiger partial charge in [-0.2, -0.15) is 0 Å². The van der Waals surface area contributed by atoms with Crippen LogP contribution in [-0.2, 0) is 0 Å². The van der Waals surface area contributed by atoms with Crippen LogP contribution in [0.2, 0.25) is 0 Å². The Labute approximate surface area is 58.8 Å². The molecule has 51 valence electrons. The average molecular weight is 144 g/mol.